The molecule has 1 unspecified atom stereocenters. The molecule has 1 nitrogen and oxygen atoms in total. The van der Waals surface area contributed by atoms with E-state index < -0.39 is 0 Å². The van der Waals surface area contributed by atoms with E-state index in [1.807, 2.05) is 0 Å². The zero-order chi connectivity index (χ0) is 14.7. The minimum atomic E-state index is 0. The molecule has 0 heterocycles. The molecule has 122 valence electrons. The monoisotopic (exact) mass is 311 g/mol. The van der Waals surface area contributed by atoms with E-state index in [0.717, 1.165) is 4.48 Å². The van der Waals surface area contributed by atoms with Gasteiger partial charge in [-0.25, -0.2) is 0 Å². The van der Waals surface area contributed by atoms with Crippen LogP contribution in [0.15, 0.2) is 30.3 Å². The highest BCUT2D eigenvalue weighted by Crippen LogP contribution is 2.21. The van der Waals surface area contributed by atoms with E-state index in [-0.39, 0.29) is 12.4 Å². The predicted octanol–water partition coefficient (Wildman–Crippen LogP) is 2.79. The van der Waals surface area contributed by atoms with Crippen LogP contribution in [0, 0.1) is 0 Å². The maximum Gasteiger partial charge on any atom is 0.132 e. The van der Waals surface area contributed by atoms with Gasteiger partial charge in [-0.05, 0) is 31.9 Å². The second-order valence-corrected chi connectivity index (χ2v) is 6.25. The van der Waals surface area contributed by atoms with Crippen molar-refractivity contribution >= 4 is 5.69 Å². The Hall–Kier alpha value is -0.530. The van der Waals surface area contributed by atoms with Crippen LogP contribution in [-0.4, -0.2) is 20.1 Å². The highest BCUT2D eigenvalue weighted by atomic mass is 35.5. The minimum Gasteiger partial charge on any atom is -1.00 e. The smallest absolute Gasteiger partial charge is 0.132 e. The topological polar surface area (TPSA) is 0 Å². The van der Waals surface area contributed by atoms with Crippen LogP contribution in [-0.2, 0) is 0 Å². The van der Waals surface area contributed by atoms with Crippen LogP contribution in [0.5, 0.6) is 0 Å². The summed E-state index contributed by atoms with van der Waals surface area (Å²) in [4.78, 5) is 0. The summed E-state index contributed by atoms with van der Waals surface area (Å²) in [5.74, 6) is 0. The zero-order valence-corrected chi connectivity index (χ0v) is 15.0. The maximum absolute atomic E-state index is 2.37. The van der Waals surface area contributed by atoms with Crippen molar-refractivity contribution in [3.05, 3.63) is 30.3 Å². The third-order valence-corrected chi connectivity index (χ3v) is 4.58. The fourth-order valence-electron chi connectivity index (χ4n) is 2.85. The van der Waals surface area contributed by atoms with Gasteiger partial charge in [0, 0.05) is 0 Å². The second-order valence-electron chi connectivity index (χ2n) is 6.25. The molecular weight excluding hydrogens is 278 g/mol. The number of hydrogen-bond acceptors (Lipinski definition) is 0. The molecule has 0 radical (unpaired) electrons. The summed E-state index contributed by atoms with van der Waals surface area (Å²) in [6.07, 6.45) is 11.2. The molecule has 2 heteroatoms. The van der Waals surface area contributed by atoms with Crippen LogP contribution in [0.1, 0.15) is 65.2 Å². The SMILES string of the molecule is CCCCCCCCCC[N+](C)(CC)c1ccccc1.[Cl-]. The summed E-state index contributed by atoms with van der Waals surface area (Å²) in [5.41, 5.74) is 1.46. The highest BCUT2D eigenvalue weighted by molar-refractivity contribution is 5.41. The molecule has 0 saturated heterocycles. The second kappa shape index (κ2) is 12.1. The average molecular weight is 312 g/mol. The van der Waals surface area contributed by atoms with E-state index in [9.17, 15) is 0 Å². The molecule has 0 aliphatic rings. The fourth-order valence-corrected chi connectivity index (χ4v) is 2.85. The molecule has 0 amide bonds. The van der Waals surface area contributed by atoms with Crippen molar-refractivity contribution < 1.29 is 12.4 Å². The lowest BCUT2D eigenvalue weighted by atomic mass is 10.1. The van der Waals surface area contributed by atoms with Gasteiger partial charge in [-0.3, -0.25) is 4.48 Å². The molecule has 1 aromatic rings. The van der Waals surface area contributed by atoms with Gasteiger partial charge in [-0.15, -0.1) is 0 Å². The Labute approximate surface area is 138 Å². The molecule has 0 aromatic heterocycles. The molecule has 1 aromatic carbocycles. The van der Waals surface area contributed by atoms with Crippen molar-refractivity contribution in [1.29, 1.82) is 0 Å². The molecular formula is C19H34ClN. The minimum absolute atomic E-state index is 0. The van der Waals surface area contributed by atoms with Crippen molar-refractivity contribution in [2.75, 3.05) is 20.1 Å². The zero-order valence-electron chi connectivity index (χ0n) is 14.3. The summed E-state index contributed by atoms with van der Waals surface area (Å²) in [6, 6.07) is 11.0. The van der Waals surface area contributed by atoms with Crippen molar-refractivity contribution in [1.82, 2.24) is 4.48 Å². The normalized spacial score (nSPS) is 13.5. The van der Waals surface area contributed by atoms with Gasteiger partial charge in [0.05, 0.1) is 20.1 Å². The van der Waals surface area contributed by atoms with E-state index in [2.05, 4.69) is 51.2 Å². The Bertz CT molecular complexity index is 339. The first-order valence-electron chi connectivity index (χ1n) is 8.63. The number of nitrogens with zero attached hydrogens (tertiary/aromatic N) is 1. The Kier molecular flexibility index (Phi) is 11.8. The third-order valence-electron chi connectivity index (χ3n) is 4.58. The molecule has 0 aliphatic heterocycles. The van der Waals surface area contributed by atoms with Crippen LogP contribution < -0.4 is 16.9 Å². The lowest BCUT2D eigenvalue weighted by molar-refractivity contribution is -0.00000443. The first-order chi connectivity index (χ1) is 9.73. The Morgan fingerprint density at radius 1 is 0.762 bits per heavy atom. The fraction of sp³-hybridized carbons (Fsp3) is 0.684. The highest BCUT2D eigenvalue weighted by Gasteiger charge is 2.21. The van der Waals surface area contributed by atoms with Gasteiger partial charge < -0.3 is 12.4 Å². The number of rotatable bonds is 11. The number of halogens is 1. The van der Waals surface area contributed by atoms with Crippen LogP contribution in [0.2, 0.25) is 0 Å². The molecule has 0 aliphatic carbocycles. The largest absolute Gasteiger partial charge is 1.00 e. The van der Waals surface area contributed by atoms with E-state index >= 15 is 0 Å². The van der Waals surface area contributed by atoms with E-state index in [1.54, 1.807) is 0 Å². The average Bonchev–Trinajstić information content (AvgIpc) is 2.50. The Morgan fingerprint density at radius 3 is 1.81 bits per heavy atom. The lowest BCUT2D eigenvalue weighted by Gasteiger charge is -2.33. The number of benzene rings is 1. The first kappa shape index (κ1) is 20.5. The van der Waals surface area contributed by atoms with Gasteiger partial charge in [0.2, 0.25) is 0 Å². The van der Waals surface area contributed by atoms with Crippen LogP contribution >= 0.6 is 0 Å². The summed E-state index contributed by atoms with van der Waals surface area (Å²) < 4.78 is 1.08. The molecule has 1 rings (SSSR count). The van der Waals surface area contributed by atoms with Crippen molar-refractivity contribution in [3.63, 3.8) is 0 Å². The molecule has 0 saturated carbocycles. The number of unbranched alkanes of at least 4 members (excludes halogenated alkanes) is 7. The lowest BCUT2D eigenvalue weighted by Crippen LogP contribution is -3.00. The van der Waals surface area contributed by atoms with Gasteiger partial charge in [0.25, 0.3) is 0 Å². The third kappa shape index (κ3) is 7.87. The van der Waals surface area contributed by atoms with E-state index in [1.165, 1.54) is 70.1 Å². The van der Waals surface area contributed by atoms with Gasteiger partial charge >= 0.3 is 0 Å². The number of hydrogen-bond donors (Lipinski definition) is 0. The predicted molar refractivity (Wildman–Crippen MR) is 92.2 cm³/mol. The quantitative estimate of drug-likeness (QED) is 0.435. The van der Waals surface area contributed by atoms with Gasteiger partial charge in [-0.2, -0.15) is 0 Å². The Balaban J connectivity index is 0.00000400. The molecule has 0 N–H and O–H groups in total. The standard InChI is InChI=1S/C19H34N.ClH/c1-4-6-7-8-9-10-11-15-18-20(3,5-2)19-16-13-12-14-17-19;/h12-14,16-17H,4-11,15,18H2,1-3H3;1H/q+1;/p-1. The summed E-state index contributed by atoms with van der Waals surface area (Å²) >= 11 is 0. The van der Waals surface area contributed by atoms with Crippen molar-refractivity contribution in [2.24, 2.45) is 0 Å². The van der Waals surface area contributed by atoms with Gasteiger partial charge in [-0.1, -0.05) is 63.6 Å². The first-order valence-corrected chi connectivity index (χ1v) is 8.63. The Morgan fingerprint density at radius 2 is 1.29 bits per heavy atom. The van der Waals surface area contributed by atoms with Crippen molar-refractivity contribution in [3.8, 4) is 0 Å². The van der Waals surface area contributed by atoms with E-state index in [0.29, 0.717) is 0 Å². The van der Waals surface area contributed by atoms with Crippen LogP contribution in [0.25, 0.3) is 0 Å². The molecule has 0 bridgehead atoms. The molecule has 21 heavy (non-hydrogen) atoms. The van der Waals surface area contributed by atoms with Gasteiger partial charge in [0.15, 0.2) is 0 Å². The van der Waals surface area contributed by atoms with Crippen molar-refractivity contribution in [2.45, 2.75) is 65.2 Å². The van der Waals surface area contributed by atoms with E-state index in [4.69, 9.17) is 0 Å². The summed E-state index contributed by atoms with van der Waals surface area (Å²) in [6.45, 7) is 7.04. The van der Waals surface area contributed by atoms with Crippen LogP contribution in [0.4, 0.5) is 5.69 Å². The maximum atomic E-state index is 2.37. The molecule has 1 atom stereocenters. The number of quaternary nitrogens is 1. The molecule has 0 fully saturated rings. The number of para-hydroxylation sites is 1. The van der Waals surface area contributed by atoms with Gasteiger partial charge in [0.1, 0.15) is 5.69 Å². The molecule has 0 spiro atoms. The summed E-state index contributed by atoms with van der Waals surface area (Å²) in [5, 5.41) is 0. The van der Waals surface area contributed by atoms with Crippen LogP contribution in [0.3, 0.4) is 0 Å². The summed E-state index contributed by atoms with van der Waals surface area (Å²) in [7, 11) is 2.37.